The zero-order valence-corrected chi connectivity index (χ0v) is 10.7. The van der Waals surface area contributed by atoms with Crippen LogP contribution in [0.4, 0.5) is 13.2 Å². The second-order valence-corrected chi connectivity index (χ2v) is 5.47. The van der Waals surface area contributed by atoms with E-state index in [0.717, 1.165) is 0 Å². The van der Waals surface area contributed by atoms with Crippen LogP contribution in [-0.2, 0) is 9.53 Å². The Hall–Kier alpha value is -1.52. The minimum absolute atomic E-state index is 0.255. The number of benzene rings is 1. The molecule has 1 aliphatic heterocycles. The number of ether oxygens (including phenoxy) is 1. The van der Waals surface area contributed by atoms with E-state index in [9.17, 15) is 18.0 Å². The number of rotatable bonds is 1. The van der Waals surface area contributed by atoms with Gasteiger partial charge in [0.2, 0.25) is 0 Å². The summed E-state index contributed by atoms with van der Waals surface area (Å²) in [4.78, 5) is 11.8. The first kappa shape index (κ1) is 13.9. The molecule has 19 heavy (non-hydrogen) atoms. The molecule has 5 heteroatoms. The summed E-state index contributed by atoms with van der Waals surface area (Å²) in [6.45, 7) is 2.96. The van der Waals surface area contributed by atoms with E-state index in [4.69, 9.17) is 4.74 Å². The number of hydrogen-bond acceptors (Lipinski definition) is 2. The molecule has 1 aromatic carbocycles. The number of halogens is 3. The SMILES string of the molecule is CC1(C)C[C@H](C(F)(F)F)[C@@H](c2ccccc2)OC1=O. The first-order valence-corrected chi connectivity index (χ1v) is 6.04. The summed E-state index contributed by atoms with van der Waals surface area (Å²) in [5.74, 6) is -2.25. The lowest BCUT2D eigenvalue weighted by molar-refractivity contribution is -0.236. The monoisotopic (exact) mass is 272 g/mol. The van der Waals surface area contributed by atoms with Crippen molar-refractivity contribution < 1.29 is 22.7 Å². The van der Waals surface area contributed by atoms with E-state index in [1.54, 1.807) is 30.3 Å². The Morgan fingerprint density at radius 1 is 1.21 bits per heavy atom. The first-order chi connectivity index (χ1) is 8.72. The van der Waals surface area contributed by atoms with E-state index < -0.39 is 29.6 Å². The van der Waals surface area contributed by atoms with Crippen molar-refractivity contribution in [2.75, 3.05) is 0 Å². The van der Waals surface area contributed by atoms with Gasteiger partial charge in [0.15, 0.2) is 0 Å². The quantitative estimate of drug-likeness (QED) is 0.725. The third-order valence-corrected chi connectivity index (χ3v) is 3.43. The number of cyclic esters (lactones) is 1. The van der Waals surface area contributed by atoms with Gasteiger partial charge in [0.05, 0.1) is 11.3 Å². The molecule has 1 fully saturated rings. The molecule has 2 atom stereocenters. The van der Waals surface area contributed by atoms with Gasteiger partial charge >= 0.3 is 12.1 Å². The fourth-order valence-corrected chi connectivity index (χ4v) is 2.33. The maximum absolute atomic E-state index is 13.2. The summed E-state index contributed by atoms with van der Waals surface area (Å²) in [6.07, 6.45) is -5.89. The van der Waals surface area contributed by atoms with E-state index >= 15 is 0 Å². The Bertz CT molecular complexity index is 465. The van der Waals surface area contributed by atoms with Crippen LogP contribution in [0, 0.1) is 11.3 Å². The average molecular weight is 272 g/mol. The molecule has 0 radical (unpaired) electrons. The van der Waals surface area contributed by atoms with Gasteiger partial charge in [-0.25, -0.2) is 0 Å². The van der Waals surface area contributed by atoms with E-state index in [-0.39, 0.29) is 6.42 Å². The van der Waals surface area contributed by atoms with Gasteiger partial charge in [-0.15, -0.1) is 0 Å². The number of hydrogen-bond donors (Lipinski definition) is 0. The summed E-state index contributed by atoms with van der Waals surface area (Å²) >= 11 is 0. The smallest absolute Gasteiger partial charge is 0.395 e. The second kappa shape index (κ2) is 4.54. The zero-order chi connectivity index (χ0) is 14.3. The summed E-state index contributed by atoms with van der Waals surface area (Å²) < 4.78 is 44.5. The van der Waals surface area contributed by atoms with Crippen molar-refractivity contribution in [2.24, 2.45) is 11.3 Å². The van der Waals surface area contributed by atoms with Crippen LogP contribution < -0.4 is 0 Å². The van der Waals surface area contributed by atoms with Gasteiger partial charge in [-0.1, -0.05) is 30.3 Å². The Kier molecular flexibility index (Phi) is 3.32. The number of alkyl halides is 3. The van der Waals surface area contributed by atoms with Gasteiger partial charge < -0.3 is 4.74 Å². The molecule has 104 valence electrons. The highest BCUT2D eigenvalue weighted by molar-refractivity contribution is 5.77. The fraction of sp³-hybridized carbons (Fsp3) is 0.500. The molecular weight excluding hydrogens is 257 g/mol. The van der Waals surface area contributed by atoms with Crippen molar-refractivity contribution in [1.82, 2.24) is 0 Å². The van der Waals surface area contributed by atoms with E-state index in [1.807, 2.05) is 0 Å². The minimum atomic E-state index is -4.39. The minimum Gasteiger partial charge on any atom is -0.456 e. The predicted octanol–water partition coefficient (Wildman–Crippen LogP) is 3.88. The van der Waals surface area contributed by atoms with Crippen LogP contribution in [0.5, 0.6) is 0 Å². The summed E-state index contributed by atoms with van der Waals surface area (Å²) in [7, 11) is 0. The highest BCUT2D eigenvalue weighted by Gasteiger charge is 2.54. The van der Waals surface area contributed by atoms with Crippen LogP contribution in [0.1, 0.15) is 31.9 Å². The second-order valence-electron chi connectivity index (χ2n) is 5.47. The summed E-state index contributed by atoms with van der Waals surface area (Å²) in [6, 6.07) is 8.08. The van der Waals surface area contributed by atoms with Crippen molar-refractivity contribution in [3.8, 4) is 0 Å². The van der Waals surface area contributed by atoms with Crippen LogP contribution in [0.25, 0.3) is 0 Å². The molecule has 0 unspecified atom stereocenters. The molecule has 0 aromatic heterocycles. The molecule has 1 aliphatic rings. The summed E-state index contributed by atoms with van der Waals surface area (Å²) in [5.41, 5.74) is -0.723. The molecule has 2 nitrogen and oxygen atoms in total. The van der Waals surface area contributed by atoms with Crippen LogP contribution in [-0.4, -0.2) is 12.1 Å². The Balaban J connectivity index is 2.38. The third kappa shape index (κ3) is 2.74. The molecule has 0 saturated carbocycles. The van der Waals surface area contributed by atoms with Crippen LogP contribution >= 0.6 is 0 Å². The molecular formula is C14H15F3O2. The Morgan fingerprint density at radius 2 is 1.79 bits per heavy atom. The standard InChI is InChI=1S/C14H15F3O2/c1-13(2)8-10(14(15,16)17)11(19-12(13)18)9-6-4-3-5-7-9/h3-7,10-11H,8H2,1-2H3/t10-,11+/m0/s1. The molecule has 1 aromatic rings. The van der Waals surface area contributed by atoms with Crippen molar-refractivity contribution in [3.05, 3.63) is 35.9 Å². The lowest BCUT2D eigenvalue weighted by Crippen LogP contribution is -2.44. The molecule has 0 bridgehead atoms. The van der Waals surface area contributed by atoms with Crippen LogP contribution in [0.2, 0.25) is 0 Å². The largest absolute Gasteiger partial charge is 0.456 e. The van der Waals surface area contributed by atoms with Gasteiger partial charge in [0.25, 0.3) is 0 Å². The van der Waals surface area contributed by atoms with Gasteiger partial charge in [-0.05, 0) is 25.8 Å². The molecule has 2 rings (SSSR count). The van der Waals surface area contributed by atoms with Crippen molar-refractivity contribution >= 4 is 5.97 Å². The Morgan fingerprint density at radius 3 is 2.32 bits per heavy atom. The van der Waals surface area contributed by atoms with Gasteiger partial charge in [-0.2, -0.15) is 13.2 Å². The average Bonchev–Trinajstić information content (AvgIpc) is 2.32. The van der Waals surface area contributed by atoms with E-state index in [0.29, 0.717) is 5.56 Å². The molecule has 0 amide bonds. The molecule has 0 spiro atoms. The van der Waals surface area contributed by atoms with Crippen LogP contribution in [0.3, 0.4) is 0 Å². The third-order valence-electron chi connectivity index (χ3n) is 3.43. The normalized spacial score (nSPS) is 26.9. The van der Waals surface area contributed by atoms with Crippen LogP contribution in [0.15, 0.2) is 30.3 Å². The number of carbonyl (C=O) groups excluding carboxylic acids is 1. The van der Waals surface area contributed by atoms with Crippen molar-refractivity contribution in [2.45, 2.75) is 32.5 Å². The van der Waals surface area contributed by atoms with Gasteiger partial charge in [0.1, 0.15) is 6.10 Å². The number of esters is 1. The predicted molar refractivity (Wildman–Crippen MR) is 63.2 cm³/mol. The highest BCUT2D eigenvalue weighted by atomic mass is 19.4. The van der Waals surface area contributed by atoms with Crippen molar-refractivity contribution in [3.63, 3.8) is 0 Å². The van der Waals surface area contributed by atoms with E-state index in [2.05, 4.69) is 0 Å². The fourth-order valence-electron chi connectivity index (χ4n) is 2.33. The molecule has 1 heterocycles. The van der Waals surface area contributed by atoms with Crippen molar-refractivity contribution in [1.29, 1.82) is 0 Å². The first-order valence-electron chi connectivity index (χ1n) is 6.04. The van der Waals surface area contributed by atoms with E-state index in [1.165, 1.54) is 13.8 Å². The number of carbonyl (C=O) groups is 1. The zero-order valence-electron chi connectivity index (χ0n) is 10.7. The Labute approximate surface area is 109 Å². The lowest BCUT2D eigenvalue weighted by Gasteiger charge is -2.40. The maximum Gasteiger partial charge on any atom is 0.395 e. The lowest BCUT2D eigenvalue weighted by atomic mass is 9.76. The molecule has 1 saturated heterocycles. The maximum atomic E-state index is 13.2. The summed E-state index contributed by atoms with van der Waals surface area (Å²) in [5, 5.41) is 0. The molecule has 0 N–H and O–H groups in total. The molecule has 0 aliphatic carbocycles. The van der Waals surface area contributed by atoms with Gasteiger partial charge in [0, 0.05) is 0 Å². The van der Waals surface area contributed by atoms with Gasteiger partial charge in [-0.3, -0.25) is 4.79 Å². The topological polar surface area (TPSA) is 26.3 Å². The highest BCUT2D eigenvalue weighted by Crippen LogP contribution is 2.49.